The number of alkyl halides is 2. The summed E-state index contributed by atoms with van der Waals surface area (Å²) in [6.07, 6.45) is 1.87. The van der Waals surface area contributed by atoms with Gasteiger partial charge >= 0.3 is 6.61 Å². The predicted octanol–water partition coefficient (Wildman–Crippen LogP) is 2.66. The number of aldehydes is 1. The van der Waals surface area contributed by atoms with Crippen molar-refractivity contribution in [2.45, 2.75) is 25.6 Å². The summed E-state index contributed by atoms with van der Waals surface area (Å²) in [5.74, 6) is 0.101. The molecule has 0 amide bonds. The Kier molecular flexibility index (Phi) is 4.68. The van der Waals surface area contributed by atoms with Gasteiger partial charge in [-0.2, -0.15) is 8.78 Å². The molecule has 104 valence electrons. The first-order valence-electron chi connectivity index (χ1n) is 5.97. The maximum Gasteiger partial charge on any atom is 0.387 e. The van der Waals surface area contributed by atoms with E-state index in [0.29, 0.717) is 37.9 Å². The van der Waals surface area contributed by atoms with Crippen molar-refractivity contribution in [2.75, 3.05) is 13.2 Å². The average Bonchev–Trinajstić information content (AvgIpc) is 2.41. The van der Waals surface area contributed by atoms with Crippen molar-refractivity contribution in [3.63, 3.8) is 0 Å². The lowest BCUT2D eigenvalue weighted by Gasteiger charge is -2.24. The number of ether oxygens (including phenoxy) is 3. The molecule has 6 heteroatoms. The van der Waals surface area contributed by atoms with Crippen LogP contribution in [0.15, 0.2) is 18.2 Å². The number of rotatable bonds is 5. The van der Waals surface area contributed by atoms with Gasteiger partial charge in [0, 0.05) is 18.4 Å². The lowest BCUT2D eigenvalue weighted by molar-refractivity contribution is -0.0532. The maximum absolute atomic E-state index is 12.3. The fraction of sp³-hybridized carbons (Fsp3) is 0.462. The highest BCUT2D eigenvalue weighted by atomic mass is 19.3. The van der Waals surface area contributed by atoms with Crippen LogP contribution in [0, 0.1) is 0 Å². The molecule has 0 aromatic heterocycles. The number of hydrogen-bond acceptors (Lipinski definition) is 4. The van der Waals surface area contributed by atoms with E-state index in [-0.39, 0.29) is 17.6 Å². The van der Waals surface area contributed by atoms with E-state index in [0.717, 1.165) is 0 Å². The fourth-order valence-electron chi connectivity index (χ4n) is 1.86. The topological polar surface area (TPSA) is 44.8 Å². The quantitative estimate of drug-likeness (QED) is 0.773. The Balaban J connectivity index is 2.16. The summed E-state index contributed by atoms with van der Waals surface area (Å²) in [6, 6.07) is 4.12. The number of hydrogen-bond donors (Lipinski definition) is 0. The molecule has 0 bridgehead atoms. The van der Waals surface area contributed by atoms with Crippen LogP contribution in [0.25, 0.3) is 0 Å². The molecule has 0 saturated carbocycles. The number of carbonyl (C=O) groups excluding carboxylic acids is 1. The minimum atomic E-state index is -2.93. The summed E-state index contributed by atoms with van der Waals surface area (Å²) < 4.78 is 39.8. The Labute approximate surface area is 109 Å². The molecule has 0 unspecified atom stereocenters. The average molecular weight is 272 g/mol. The standard InChI is InChI=1S/C13H14F2O4/c14-13(15)19-11-2-1-9(8-16)7-12(11)18-10-3-5-17-6-4-10/h1-2,7-8,10,13H,3-6H2. The minimum Gasteiger partial charge on any atom is -0.486 e. The molecule has 0 N–H and O–H groups in total. The first-order chi connectivity index (χ1) is 9.19. The third-order valence-electron chi connectivity index (χ3n) is 2.78. The van der Waals surface area contributed by atoms with E-state index in [4.69, 9.17) is 9.47 Å². The normalized spacial score (nSPS) is 16.4. The molecule has 19 heavy (non-hydrogen) atoms. The zero-order chi connectivity index (χ0) is 13.7. The van der Waals surface area contributed by atoms with Gasteiger partial charge in [0.05, 0.1) is 13.2 Å². The second kappa shape index (κ2) is 6.47. The lowest BCUT2D eigenvalue weighted by Crippen LogP contribution is -2.26. The van der Waals surface area contributed by atoms with Gasteiger partial charge in [0.15, 0.2) is 11.5 Å². The molecule has 1 heterocycles. The van der Waals surface area contributed by atoms with Crippen LogP contribution in [0.3, 0.4) is 0 Å². The van der Waals surface area contributed by atoms with Crippen LogP contribution in [0.5, 0.6) is 11.5 Å². The maximum atomic E-state index is 12.3. The monoisotopic (exact) mass is 272 g/mol. The molecule has 1 aromatic carbocycles. The van der Waals surface area contributed by atoms with Gasteiger partial charge in [-0.15, -0.1) is 0 Å². The first-order valence-corrected chi connectivity index (χ1v) is 5.97. The fourth-order valence-corrected chi connectivity index (χ4v) is 1.86. The van der Waals surface area contributed by atoms with Crippen molar-refractivity contribution >= 4 is 6.29 Å². The van der Waals surface area contributed by atoms with E-state index >= 15 is 0 Å². The van der Waals surface area contributed by atoms with Crippen molar-refractivity contribution in [3.8, 4) is 11.5 Å². The molecule has 0 spiro atoms. The summed E-state index contributed by atoms with van der Waals surface area (Å²) in [6.45, 7) is -1.79. The number of benzene rings is 1. The van der Waals surface area contributed by atoms with Crippen molar-refractivity contribution in [3.05, 3.63) is 23.8 Å². The Morgan fingerprint density at radius 1 is 1.26 bits per heavy atom. The molecule has 0 aliphatic carbocycles. The van der Waals surface area contributed by atoms with E-state index in [9.17, 15) is 13.6 Å². The molecule has 4 nitrogen and oxygen atoms in total. The summed E-state index contributed by atoms with van der Waals surface area (Å²) in [7, 11) is 0. The Morgan fingerprint density at radius 3 is 2.63 bits per heavy atom. The summed E-state index contributed by atoms with van der Waals surface area (Å²) >= 11 is 0. The highest BCUT2D eigenvalue weighted by Crippen LogP contribution is 2.31. The van der Waals surface area contributed by atoms with Crippen LogP contribution in [0.4, 0.5) is 8.78 Å². The lowest BCUT2D eigenvalue weighted by atomic mass is 10.1. The highest BCUT2D eigenvalue weighted by Gasteiger charge is 2.19. The smallest absolute Gasteiger partial charge is 0.387 e. The van der Waals surface area contributed by atoms with Crippen molar-refractivity contribution in [1.29, 1.82) is 0 Å². The molecular weight excluding hydrogens is 258 g/mol. The molecule has 1 fully saturated rings. The largest absolute Gasteiger partial charge is 0.486 e. The Hall–Kier alpha value is -1.69. The van der Waals surface area contributed by atoms with Gasteiger partial charge in [-0.05, 0) is 18.2 Å². The van der Waals surface area contributed by atoms with Crippen molar-refractivity contribution in [1.82, 2.24) is 0 Å². The predicted molar refractivity (Wildman–Crippen MR) is 62.9 cm³/mol. The molecule has 1 aliphatic rings. The highest BCUT2D eigenvalue weighted by molar-refractivity contribution is 5.76. The van der Waals surface area contributed by atoms with Crippen LogP contribution < -0.4 is 9.47 Å². The third-order valence-corrected chi connectivity index (χ3v) is 2.78. The molecule has 1 saturated heterocycles. The van der Waals surface area contributed by atoms with Crippen LogP contribution in [-0.4, -0.2) is 32.2 Å². The number of carbonyl (C=O) groups is 1. The van der Waals surface area contributed by atoms with Gasteiger partial charge in [0.25, 0.3) is 0 Å². The molecule has 1 aromatic rings. The number of halogens is 2. The molecule has 0 radical (unpaired) electrons. The van der Waals surface area contributed by atoms with Gasteiger partial charge in [0.1, 0.15) is 12.4 Å². The van der Waals surface area contributed by atoms with Crippen molar-refractivity contribution < 1.29 is 27.8 Å². The zero-order valence-corrected chi connectivity index (χ0v) is 10.2. The molecule has 0 atom stereocenters. The Morgan fingerprint density at radius 2 is 2.00 bits per heavy atom. The van der Waals surface area contributed by atoms with Gasteiger partial charge in [-0.25, -0.2) is 0 Å². The van der Waals surface area contributed by atoms with E-state index in [2.05, 4.69) is 4.74 Å². The molecule has 1 aliphatic heterocycles. The van der Waals surface area contributed by atoms with Crippen LogP contribution in [0.1, 0.15) is 23.2 Å². The Bertz CT molecular complexity index is 431. The van der Waals surface area contributed by atoms with Gasteiger partial charge in [-0.3, -0.25) is 4.79 Å². The van der Waals surface area contributed by atoms with E-state index in [1.165, 1.54) is 18.2 Å². The molecular formula is C13H14F2O4. The summed E-state index contributed by atoms with van der Waals surface area (Å²) in [4.78, 5) is 10.7. The summed E-state index contributed by atoms with van der Waals surface area (Å²) in [5, 5.41) is 0. The third kappa shape index (κ3) is 3.89. The van der Waals surface area contributed by atoms with Crippen LogP contribution >= 0.6 is 0 Å². The van der Waals surface area contributed by atoms with Gasteiger partial charge in [-0.1, -0.05) is 0 Å². The van der Waals surface area contributed by atoms with E-state index < -0.39 is 6.61 Å². The van der Waals surface area contributed by atoms with Crippen LogP contribution in [-0.2, 0) is 4.74 Å². The summed E-state index contributed by atoms with van der Waals surface area (Å²) in [5.41, 5.74) is 0.351. The first kappa shape index (κ1) is 13.7. The minimum absolute atomic E-state index is 0.0629. The second-order valence-corrected chi connectivity index (χ2v) is 4.13. The van der Waals surface area contributed by atoms with Crippen LogP contribution in [0.2, 0.25) is 0 Å². The van der Waals surface area contributed by atoms with Crippen molar-refractivity contribution in [2.24, 2.45) is 0 Å². The molecule has 2 rings (SSSR count). The SMILES string of the molecule is O=Cc1ccc(OC(F)F)c(OC2CCOCC2)c1. The van der Waals surface area contributed by atoms with E-state index in [1.807, 2.05) is 0 Å². The van der Waals surface area contributed by atoms with E-state index in [1.54, 1.807) is 0 Å². The second-order valence-electron chi connectivity index (χ2n) is 4.13. The van der Waals surface area contributed by atoms with Gasteiger partial charge in [0.2, 0.25) is 0 Å². The van der Waals surface area contributed by atoms with Gasteiger partial charge < -0.3 is 14.2 Å². The zero-order valence-electron chi connectivity index (χ0n) is 10.2.